The number of β-amino-alcohol motifs (C(OH)–C–C–N with tert-alkyl or cyclic N) is 1. The molecule has 2 aliphatic rings. The Morgan fingerprint density at radius 1 is 1.41 bits per heavy atom. The summed E-state index contributed by atoms with van der Waals surface area (Å²) in [4.78, 5) is 15.3. The highest BCUT2D eigenvalue weighted by atomic mass is 16.5. The van der Waals surface area contributed by atoms with Crippen molar-refractivity contribution < 1.29 is 19.0 Å². The van der Waals surface area contributed by atoms with E-state index in [1.165, 1.54) is 0 Å². The van der Waals surface area contributed by atoms with E-state index in [9.17, 15) is 9.90 Å². The largest absolute Gasteiger partial charge is 0.391 e. The van der Waals surface area contributed by atoms with Crippen molar-refractivity contribution in [2.24, 2.45) is 11.0 Å². The van der Waals surface area contributed by atoms with Crippen LogP contribution in [0.5, 0.6) is 0 Å². The molecule has 1 amide bonds. The Kier molecular flexibility index (Phi) is 4.97. The zero-order chi connectivity index (χ0) is 20.1. The molecule has 0 saturated carbocycles. The van der Waals surface area contributed by atoms with Gasteiger partial charge in [-0.2, -0.15) is 4.59 Å². The summed E-state index contributed by atoms with van der Waals surface area (Å²) in [6, 6.07) is 1.68. The molecule has 0 unspecified atom stereocenters. The molecule has 7 nitrogen and oxygen atoms in total. The third kappa shape index (κ3) is 3.55. The Bertz CT molecular complexity index is 750. The average Bonchev–Trinajstić information content (AvgIpc) is 3.16. The van der Waals surface area contributed by atoms with Gasteiger partial charge in [0.1, 0.15) is 22.9 Å². The SMILES string of the molecule is Cc1cc([C@H](C(=O)N2C[C@H](O)C[C@@H]2C2=N[N+](C)(C)C(C)(C)C2)C(C)C)on1. The van der Waals surface area contributed by atoms with E-state index in [0.29, 0.717) is 23.3 Å². The average molecular weight is 378 g/mol. The summed E-state index contributed by atoms with van der Waals surface area (Å²) < 4.78 is 5.96. The van der Waals surface area contributed by atoms with Gasteiger partial charge in [0.25, 0.3) is 0 Å². The highest BCUT2D eigenvalue weighted by Crippen LogP contribution is 2.37. The van der Waals surface area contributed by atoms with Crippen LogP contribution in [0.25, 0.3) is 0 Å². The number of nitrogens with zero attached hydrogens (tertiary/aromatic N) is 4. The fourth-order valence-corrected chi connectivity index (χ4v) is 4.13. The number of rotatable bonds is 4. The molecular weight excluding hydrogens is 344 g/mol. The minimum Gasteiger partial charge on any atom is -0.391 e. The number of likely N-dealkylation sites (tertiary alicyclic amines) is 1. The van der Waals surface area contributed by atoms with Crippen molar-refractivity contribution in [2.45, 2.75) is 71.1 Å². The van der Waals surface area contributed by atoms with E-state index in [0.717, 1.165) is 17.8 Å². The summed E-state index contributed by atoms with van der Waals surface area (Å²) >= 11 is 0. The Labute approximate surface area is 161 Å². The first-order valence-corrected chi connectivity index (χ1v) is 9.78. The van der Waals surface area contributed by atoms with Crippen molar-refractivity contribution in [3.63, 3.8) is 0 Å². The van der Waals surface area contributed by atoms with Crippen molar-refractivity contribution in [2.75, 3.05) is 20.6 Å². The fraction of sp³-hybridized carbons (Fsp3) is 0.750. The Morgan fingerprint density at radius 3 is 2.56 bits per heavy atom. The van der Waals surface area contributed by atoms with Crippen molar-refractivity contribution in [1.82, 2.24) is 10.1 Å². The summed E-state index contributed by atoms with van der Waals surface area (Å²) in [6.45, 7) is 10.6. The highest BCUT2D eigenvalue weighted by Gasteiger charge is 2.50. The number of hydrogen-bond donors (Lipinski definition) is 1. The van der Waals surface area contributed by atoms with Crippen LogP contribution >= 0.6 is 0 Å². The first-order valence-electron chi connectivity index (χ1n) is 9.78. The number of carbonyl (C=O) groups excluding carboxylic acids is 1. The molecule has 0 spiro atoms. The molecule has 0 aromatic carbocycles. The van der Waals surface area contributed by atoms with Crippen molar-refractivity contribution in [3.05, 3.63) is 17.5 Å². The van der Waals surface area contributed by atoms with Gasteiger partial charge in [-0.1, -0.05) is 24.1 Å². The van der Waals surface area contributed by atoms with Gasteiger partial charge in [-0.15, -0.1) is 0 Å². The van der Waals surface area contributed by atoms with Gasteiger partial charge in [0.2, 0.25) is 5.91 Å². The Balaban J connectivity index is 1.91. The highest BCUT2D eigenvalue weighted by molar-refractivity contribution is 5.96. The number of quaternary nitrogens is 1. The third-order valence-corrected chi connectivity index (χ3v) is 6.31. The van der Waals surface area contributed by atoms with Crippen LogP contribution in [0.4, 0.5) is 0 Å². The van der Waals surface area contributed by atoms with Crippen LogP contribution in [0.1, 0.15) is 57.9 Å². The Hall–Kier alpha value is -1.73. The molecule has 1 fully saturated rings. The number of aryl methyl sites for hydroxylation is 1. The van der Waals surface area contributed by atoms with Crippen LogP contribution in [-0.4, -0.2) is 69.7 Å². The van der Waals surface area contributed by atoms with E-state index in [1.807, 2.05) is 31.7 Å². The van der Waals surface area contributed by atoms with Crippen molar-refractivity contribution in [3.8, 4) is 0 Å². The lowest BCUT2D eigenvalue weighted by Gasteiger charge is -2.33. The van der Waals surface area contributed by atoms with E-state index in [4.69, 9.17) is 9.62 Å². The van der Waals surface area contributed by atoms with E-state index in [2.05, 4.69) is 33.1 Å². The summed E-state index contributed by atoms with van der Waals surface area (Å²) in [6.07, 6.45) is 0.834. The summed E-state index contributed by atoms with van der Waals surface area (Å²) in [5.41, 5.74) is 1.74. The normalized spacial score (nSPS) is 27.9. The van der Waals surface area contributed by atoms with E-state index >= 15 is 0 Å². The summed E-state index contributed by atoms with van der Waals surface area (Å²) in [5, 5.41) is 19.2. The third-order valence-electron chi connectivity index (χ3n) is 6.31. The van der Waals surface area contributed by atoms with Crippen molar-refractivity contribution in [1.29, 1.82) is 0 Å². The lowest BCUT2D eigenvalue weighted by molar-refractivity contribution is -0.937. The predicted octanol–water partition coefficient (Wildman–Crippen LogP) is 2.30. The lowest BCUT2D eigenvalue weighted by atomic mass is 9.90. The molecule has 2 aliphatic heterocycles. The van der Waals surface area contributed by atoms with Crippen LogP contribution in [0.2, 0.25) is 0 Å². The molecular formula is C20H33N4O3+. The second-order valence-corrected chi connectivity index (χ2v) is 9.46. The predicted molar refractivity (Wildman–Crippen MR) is 103 cm³/mol. The summed E-state index contributed by atoms with van der Waals surface area (Å²) in [7, 11) is 4.16. The van der Waals surface area contributed by atoms with E-state index in [-0.39, 0.29) is 23.4 Å². The maximum atomic E-state index is 13.5. The number of aliphatic hydroxyl groups is 1. The maximum absolute atomic E-state index is 13.5. The van der Waals surface area contributed by atoms with Gasteiger partial charge in [0.05, 0.1) is 38.4 Å². The summed E-state index contributed by atoms with van der Waals surface area (Å²) in [5.74, 6) is 0.242. The van der Waals surface area contributed by atoms with E-state index < -0.39 is 12.0 Å². The maximum Gasteiger partial charge on any atom is 0.234 e. The van der Waals surface area contributed by atoms with Crippen LogP contribution < -0.4 is 0 Å². The topological polar surface area (TPSA) is 78.9 Å². The second-order valence-electron chi connectivity index (χ2n) is 9.46. The molecule has 1 aromatic heterocycles. The van der Waals surface area contributed by atoms with Gasteiger partial charge in [0.15, 0.2) is 0 Å². The molecule has 0 aliphatic carbocycles. The number of hydrogen-bond acceptors (Lipinski definition) is 5. The van der Waals surface area contributed by atoms with Crippen LogP contribution in [-0.2, 0) is 4.79 Å². The molecule has 3 atom stereocenters. The quantitative estimate of drug-likeness (QED) is 0.817. The number of carbonyl (C=O) groups is 1. The molecule has 7 heteroatoms. The van der Waals surface area contributed by atoms with Crippen LogP contribution in [0.15, 0.2) is 15.7 Å². The molecule has 27 heavy (non-hydrogen) atoms. The fourth-order valence-electron chi connectivity index (χ4n) is 4.13. The molecule has 0 bridgehead atoms. The van der Waals surface area contributed by atoms with Gasteiger partial charge < -0.3 is 14.5 Å². The second kappa shape index (κ2) is 6.71. The number of aromatic nitrogens is 1. The van der Waals surface area contributed by atoms with Crippen LogP contribution in [0.3, 0.4) is 0 Å². The Morgan fingerprint density at radius 2 is 2.07 bits per heavy atom. The molecule has 1 N–H and O–H groups in total. The molecule has 0 radical (unpaired) electrons. The van der Waals surface area contributed by atoms with Gasteiger partial charge in [0, 0.05) is 19.0 Å². The molecule has 3 rings (SSSR count). The lowest BCUT2D eigenvalue weighted by Crippen LogP contribution is -2.48. The minimum atomic E-state index is -0.523. The molecule has 150 valence electrons. The van der Waals surface area contributed by atoms with E-state index in [1.54, 1.807) is 0 Å². The number of aliphatic hydroxyl groups excluding tert-OH is 1. The zero-order valence-electron chi connectivity index (χ0n) is 17.6. The minimum absolute atomic E-state index is 0.0135. The van der Waals surface area contributed by atoms with Gasteiger partial charge in [-0.25, -0.2) is 0 Å². The van der Waals surface area contributed by atoms with Crippen molar-refractivity contribution >= 4 is 11.6 Å². The van der Waals surface area contributed by atoms with Crippen LogP contribution in [0, 0.1) is 12.8 Å². The first-order chi connectivity index (χ1) is 12.4. The molecule has 1 saturated heterocycles. The standard InChI is InChI=1S/C20H33N4O3/c1-12(2)18(17-8-13(3)22-27-17)19(26)23-11-14(25)9-16(23)15-10-20(4,5)24(6,7)21-15/h8,12,14,16,18,25H,9-11H2,1-7H3/q+1/t14-,16-,18-/m1/s1. The van der Waals surface area contributed by atoms with Gasteiger partial charge >= 0.3 is 0 Å². The smallest absolute Gasteiger partial charge is 0.234 e. The monoisotopic (exact) mass is 377 g/mol. The van der Waals surface area contributed by atoms with Gasteiger partial charge in [-0.05, 0) is 26.7 Å². The zero-order valence-corrected chi connectivity index (χ0v) is 17.6. The van der Waals surface area contributed by atoms with Gasteiger partial charge in [-0.3, -0.25) is 4.79 Å². The molecule has 3 heterocycles. The molecule has 1 aromatic rings. The first kappa shape index (κ1) is 20.0. The number of amides is 1.